The first-order valence-electron chi connectivity index (χ1n) is 11.2. The summed E-state index contributed by atoms with van der Waals surface area (Å²) in [5, 5.41) is 9.38. The molecule has 5 heteroatoms. The first-order chi connectivity index (χ1) is 14.7. The van der Waals surface area contributed by atoms with Crippen LogP contribution in [-0.2, 0) is 22.6 Å². The van der Waals surface area contributed by atoms with E-state index in [2.05, 4.69) is 36.1 Å². The molecular formula is C25H34N2O3. The molecule has 0 saturated carbocycles. The molecule has 30 heavy (non-hydrogen) atoms. The molecule has 2 heterocycles. The quantitative estimate of drug-likeness (QED) is 0.756. The molecule has 0 amide bonds. The van der Waals surface area contributed by atoms with Crippen LogP contribution in [0.1, 0.15) is 60.8 Å². The molecule has 0 aromatic heterocycles. The smallest absolute Gasteiger partial charge is 0.184 e. The van der Waals surface area contributed by atoms with Gasteiger partial charge in [0.15, 0.2) is 6.29 Å². The van der Waals surface area contributed by atoms with E-state index in [4.69, 9.17) is 15.2 Å². The molecule has 0 radical (unpaired) electrons. The Hall–Kier alpha value is -1.76. The van der Waals surface area contributed by atoms with Crippen LogP contribution in [0.5, 0.6) is 0 Å². The fourth-order valence-corrected chi connectivity index (χ4v) is 4.54. The van der Waals surface area contributed by atoms with Gasteiger partial charge in [-0.1, -0.05) is 61.9 Å². The number of piperidine rings is 1. The van der Waals surface area contributed by atoms with Crippen molar-refractivity contribution >= 4 is 0 Å². The molecule has 0 bridgehead atoms. The van der Waals surface area contributed by atoms with Gasteiger partial charge in [0, 0.05) is 24.6 Å². The predicted molar refractivity (Wildman–Crippen MR) is 118 cm³/mol. The molecule has 5 nitrogen and oxygen atoms in total. The molecule has 0 spiro atoms. The normalized spacial score (nSPS) is 27.8. The van der Waals surface area contributed by atoms with E-state index < -0.39 is 6.29 Å². The second kappa shape index (κ2) is 10.0. The minimum atomic E-state index is -0.398. The van der Waals surface area contributed by atoms with Gasteiger partial charge < -0.3 is 25.2 Å². The first kappa shape index (κ1) is 21.5. The van der Waals surface area contributed by atoms with Crippen LogP contribution in [0.25, 0.3) is 0 Å². The van der Waals surface area contributed by atoms with E-state index in [-0.39, 0.29) is 24.7 Å². The Morgan fingerprint density at radius 3 is 2.17 bits per heavy atom. The third kappa shape index (κ3) is 4.93. The van der Waals surface area contributed by atoms with Gasteiger partial charge in [-0.25, -0.2) is 0 Å². The van der Waals surface area contributed by atoms with Crippen LogP contribution in [0, 0.1) is 5.92 Å². The molecule has 0 aliphatic carbocycles. The van der Waals surface area contributed by atoms with E-state index in [0.717, 1.165) is 41.9 Å². The van der Waals surface area contributed by atoms with Crippen LogP contribution in [0.4, 0.5) is 0 Å². The van der Waals surface area contributed by atoms with Crippen LogP contribution >= 0.6 is 0 Å². The highest BCUT2D eigenvalue weighted by Gasteiger charge is 2.39. The molecule has 0 unspecified atom stereocenters. The van der Waals surface area contributed by atoms with Crippen molar-refractivity contribution < 1.29 is 14.6 Å². The van der Waals surface area contributed by atoms with Gasteiger partial charge in [0.2, 0.25) is 0 Å². The highest BCUT2D eigenvalue weighted by molar-refractivity contribution is 5.27. The zero-order valence-corrected chi connectivity index (χ0v) is 17.9. The van der Waals surface area contributed by atoms with Crippen molar-refractivity contribution in [2.75, 3.05) is 19.6 Å². The number of hydrogen-bond donors (Lipinski definition) is 2. The number of aliphatic hydroxyl groups excluding tert-OH is 1. The summed E-state index contributed by atoms with van der Waals surface area (Å²) in [6.45, 7) is 6.05. The number of aliphatic hydroxyl groups is 1. The van der Waals surface area contributed by atoms with Crippen molar-refractivity contribution in [2.24, 2.45) is 11.7 Å². The van der Waals surface area contributed by atoms with E-state index in [0.29, 0.717) is 6.54 Å². The summed E-state index contributed by atoms with van der Waals surface area (Å²) in [5.74, 6) is 0.228. The molecule has 4 rings (SSSR count). The first-order valence-corrected chi connectivity index (χ1v) is 11.2. The van der Waals surface area contributed by atoms with Crippen molar-refractivity contribution in [3.63, 3.8) is 0 Å². The molecule has 2 saturated heterocycles. The Labute approximate surface area is 179 Å². The summed E-state index contributed by atoms with van der Waals surface area (Å²) < 4.78 is 13.0. The molecule has 2 aliphatic heterocycles. The second-order valence-corrected chi connectivity index (χ2v) is 8.63. The molecule has 3 N–H and O–H groups in total. The van der Waals surface area contributed by atoms with Crippen molar-refractivity contribution in [3.05, 3.63) is 70.8 Å². The van der Waals surface area contributed by atoms with Gasteiger partial charge in [0.05, 0.1) is 18.8 Å². The van der Waals surface area contributed by atoms with Gasteiger partial charge in [-0.05, 0) is 42.6 Å². The van der Waals surface area contributed by atoms with Gasteiger partial charge in [-0.3, -0.25) is 0 Å². The lowest BCUT2D eigenvalue weighted by molar-refractivity contribution is -0.276. The van der Waals surface area contributed by atoms with Crippen molar-refractivity contribution in [2.45, 2.75) is 57.8 Å². The van der Waals surface area contributed by atoms with Gasteiger partial charge >= 0.3 is 0 Å². The number of ether oxygens (including phenoxy) is 2. The lowest BCUT2D eigenvalue weighted by atomic mass is 9.89. The fraction of sp³-hybridized carbons (Fsp3) is 0.520. The number of nitrogens with zero attached hydrogens (tertiary/aromatic N) is 1. The van der Waals surface area contributed by atoms with Crippen molar-refractivity contribution in [1.82, 2.24) is 4.90 Å². The molecule has 2 aromatic rings. The average molecular weight is 411 g/mol. The lowest BCUT2D eigenvalue weighted by Gasteiger charge is -2.43. The van der Waals surface area contributed by atoms with E-state index in [1.807, 2.05) is 24.3 Å². The summed E-state index contributed by atoms with van der Waals surface area (Å²) >= 11 is 0. The zero-order valence-electron chi connectivity index (χ0n) is 17.9. The Kier molecular flexibility index (Phi) is 7.18. The minimum absolute atomic E-state index is 0.0537. The minimum Gasteiger partial charge on any atom is -0.392 e. The van der Waals surface area contributed by atoms with Crippen LogP contribution in [0.2, 0.25) is 0 Å². The standard InChI is InChI=1S/C25H34N2O3/c1-18-23(16-27-13-3-2-4-14-27)29-25(22-11-5-19(15-26)6-12-22)30-24(18)21-9-7-20(17-28)8-10-21/h5-12,18,23-25,28H,2-4,13-17,26H2,1H3/t18-,23+,24+,25+/m1/s1. The monoisotopic (exact) mass is 410 g/mol. The Balaban J connectivity index is 1.58. The van der Waals surface area contributed by atoms with E-state index in [9.17, 15) is 5.11 Å². The topological polar surface area (TPSA) is 68.0 Å². The number of nitrogens with two attached hydrogens (primary N) is 1. The summed E-state index contributed by atoms with van der Waals surface area (Å²) in [4.78, 5) is 2.54. The molecule has 162 valence electrons. The molecule has 4 atom stereocenters. The van der Waals surface area contributed by atoms with Crippen LogP contribution < -0.4 is 5.73 Å². The van der Waals surface area contributed by atoms with Crippen LogP contribution in [-0.4, -0.2) is 35.7 Å². The van der Waals surface area contributed by atoms with E-state index in [1.54, 1.807) is 0 Å². The maximum Gasteiger partial charge on any atom is 0.184 e. The van der Waals surface area contributed by atoms with Crippen LogP contribution in [0.15, 0.2) is 48.5 Å². The van der Waals surface area contributed by atoms with Gasteiger partial charge in [0.25, 0.3) is 0 Å². The Bertz CT molecular complexity index is 787. The third-order valence-electron chi connectivity index (χ3n) is 6.50. The predicted octanol–water partition coefficient (Wildman–Crippen LogP) is 3.91. The summed E-state index contributed by atoms with van der Waals surface area (Å²) in [7, 11) is 0. The van der Waals surface area contributed by atoms with Crippen molar-refractivity contribution in [3.8, 4) is 0 Å². The number of likely N-dealkylation sites (tertiary alicyclic amines) is 1. The third-order valence-corrected chi connectivity index (χ3v) is 6.50. The molecular weight excluding hydrogens is 376 g/mol. The van der Waals surface area contributed by atoms with Crippen molar-refractivity contribution in [1.29, 1.82) is 0 Å². The van der Waals surface area contributed by atoms with Gasteiger partial charge in [0.1, 0.15) is 0 Å². The average Bonchev–Trinajstić information content (AvgIpc) is 2.81. The lowest BCUT2D eigenvalue weighted by Crippen LogP contribution is -2.45. The SMILES string of the molecule is C[C@@H]1[C@H](CN2CCCCC2)O[C@H](c2ccc(CN)cc2)O[C@@H]1c1ccc(CO)cc1. The molecule has 2 aromatic carbocycles. The van der Waals surface area contributed by atoms with Gasteiger partial charge in [-0.15, -0.1) is 0 Å². The Morgan fingerprint density at radius 1 is 0.900 bits per heavy atom. The highest BCUT2D eigenvalue weighted by Crippen LogP contribution is 2.42. The van der Waals surface area contributed by atoms with E-state index in [1.165, 1.54) is 19.3 Å². The van der Waals surface area contributed by atoms with Gasteiger partial charge in [-0.2, -0.15) is 0 Å². The maximum absolute atomic E-state index is 9.38. The number of rotatable bonds is 6. The number of benzene rings is 2. The second-order valence-electron chi connectivity index (χ2n) is 8.63. The maximum atomic E-state index is 9.38. The summed E-state index contributed by atoms with van der Waals surface area (Å²) in [6.07, 6.45) is 3.52. The fourth-order valence-electron chi connectivity index (χ4n) is 4.54. The van der Waals surface area contributed by atoms with Crippen LogP contribution in [0.3, 0.4) is 0 Å². The number of hydrogen-bond acceptors (Lipinski definition) is 5. The highest BCUT2D eigenvalue weighted by atomic mass is 16.7. The Morgan fingerprint density at radius 2 is 1.53 bits per heavy atom. The largest absolute Gasteiger partial charge is 0.392 e. The van der Waals surface area contributed by atoms with E-state index >= 15 is 0 Å². The zero-order chi connectivity index (χ0) is 20.9. The summed E-state index contributed by atoms with van der Waals surface area (Å²) in [6, 6.07) is 16.3. The molecule has 2 fully saturated rings. The summed E-state index contributed by atoms with van der Waals surface area (Å²) in [5.41, 5.74) is 9.94. The molecule has 2 aliphatic rings.